The average molecular weight is 422 g/mol. The van der Waals surface area contributed by atoms with Gasteiger partial charge in [0.15, 0.2) is 11.0 Å². The summed E-state index contributed by atoms with van der Waals surface area (Å²) in [5.74, 6) is 0.260. The van der Waals surface area contributed by atoms with E-state index in [1.54, 1.807) is 27.7 Å². The van der Waals surface area contributed by atoms with Crippen LogP contribution in [0.3, 0.4) is 0 Å². The Morgan fingerprint density at radius 1 is 1.10 bits per heavy atom. The van der Waals surface area contributed by atoms with E-state index in [4.69, 9.17) is 5.26 Å². The van der Waals surface area contributed by atoms with Crippen molar-refractivity contribution >= 4 is 17.7 Å². The van der Waals surface area contributed by atoms with Crippen molar-refractivity contribution in [2.45, 2.75) is 18.0 Å². The summed E-state index contributed by atoms with van der Waals surface area (Å²) >= 11 is 1.28. The molecular formula is C22H20FN5OS. The highest BCUT2D eigenvalue weighted by atomic mass is 32.2. The van der Waals surface area contributed by atoms with E-state index in [0.29, 0.717) is 42.5 Å². The van der Waals surface area contributed by atoms with Crippen molar-refractivity contribution in [3.05, 3.63) is 60.4 Å². The fourth-order valence-electron chi connectivity index (χ4n) is 3.47. The summed E-state index contributed by atoms with van der Waals surface area (Å²) in [6.45, 7) is 1.20. The number of rotatable bonds is 5. The van der Waals surface area contributed by atoms with E-state index in [2.05, 4.69) is 16.3 Å². The van der Waals surface area contributed by atoms with Crippen molar-refractivity contribution in [3.8, 4) is 23.1 Å². The van der Waals surface area contributed by atoms with Gasteiger partial charge in [0.1, 0.15) is 5.82 Å². The van der Waals surface area contributed by atoms with Gasteiger partial charge in [0.05, 0.1) is 17.4 Å². The van der Waals surface area contributed by atoms with Crippen LogP contribution in [-0.4, -0.2) is 44.4 Å². The molecule has 0 unspecified atom stereocenters. The summed E-state index contributed by atoms with van der Waals surface area (Å²) in [6.07, 6.45) is 1.43. The maximum Gasteiger partial charge on any atom is 0.233 e. The number of nitrogens with zero attached hydrogens (tertiary/aromatic N) is 5. The number of thioether (sulfide) groups is 1. The molecule has 1 fully saturated rings. The monoisotopic (exact) mass is 421 g/mol. The van der Waals surface area contributed by atoms with Crippen LogP contribution in [0.4, 0.5) is 4.39 Å². The van der Waals surface area contributed by atoms with Crippen LogP contribution in [0.1, 0.15) is 12.8 Å². The third kappa shape index (κ3) is 4.21. The van der Waals surface area contributed by atoms with Gasteiger partial charge in [-0.1, -0.05) is 42.1 Å². The molecule has 1 aliphatic heterocycles. The molecule has 0 bridgehead atoms. The third-order valence-corrected chi connectivity index (χ3v) is 6.03. The minimum Gasteiger partial charge on any atom is -0.342 e. The fourth-order valence-corrected chi connectivity index (χ4v) is 4.32. The van der Waals surface area contributed by atoms with E-state index in [1.807, 2.05) is 30.3 Å². The van der Waals surface area contributed by atoms with Gasteiger partial charge in [0.25, 0.3) is 0 Å². The standard InChI is InChI=1S/C22H20FN5OS/c23-19-9-5-4-8-18(19)21-25-26-22(28(21)17-6-2-1-3-7-17)30-15-20(29)27-12-10-16(14-24)11-13-27/h1-9,16H,10-13,15H2. The second-order valence-corrected chi connectivity index (χ2v) is 7.97. The number of amides is 1. The van der Waals surface area contributed by atoms with Crippen LogP contribution in [0, 0.1) is 23.1 Å². The van der Waals surface area contributed by atoms with Crippen LogP contribution in [0.2, 0.25) is 0 Å². The molecule has 0 N–H and O–H groups in total. The van der Waals surface area contributed by atoms with E-state index >= 15 is 0 Å². The van der Waals surface area contributed by atoms with Gasteiger partial charge in [-0.3, -0.25) is 9.36 Å². The highest BCUT2D eigenvalue weighted by Gasteiger charge is 2.24. The Morgan fingerprint density at radius 3 is 2.50 bits per heavy atom. The topological polar surface area (TPSA) is 74.8 Å². The molecule has 0 saturated carbocycles. The zero-order valence-corrected chi connectivity index (χ0v) is 17.1. The van der Waals surface area contributed by atoms with E-state index in [-0.39, 0.29) is 23.4 Å². The van der Waals surface area contributed by atoms with Crippen molar-refractivity contribution in [1.82, 2.24) is 19.7 Å². The van der Waals surface area contributed by atoms with Gasteiger partial charge >= 0.3 is 0 Å². The second kappa shape index (κ2) is 9.09. The van der Waals surface area contributed by atoms with Crippen molar-refractivity contribution in [3.63, 3.8) is 0 Å². The van der Waals surface area contributed by atoms with Gasteiger partial charge < -0.3 is 4.90 Å². The van der Waals surface area contributed by atoms with Crippen molar-refractivity contribution in [1.29, 1.82) is 5.26 Å². The first-order valence-electron chi connectivity index (χ1n) is 9.73. The number of nitriles is 1. The van der Waals surface area contributed by atoms with Crippen LogP contribution in [0.25, 0.3) is 17.1 Å². The first-order valence-corrected chi connectivity index (χ1v) is 10.7. The molecule has 2 aromatic carbocycles. The molecule has 30 heavy (non-hydrogen) atoms. The predicted octanol–water partition coefficient (Wildman–Crippen LogP) is 3.93. The van der Waals surface area contributed by atoms with Gasteiger partial charge in [-0.25, -0.2) is 4.39 Å². The number of likely N-dealkylation sites (tertiary alicyclic amines) is 1. The molecule has 0 spiro atoms. The highest BCUT2D eigenvalue weighted by molar-refractivity contribution is 7.99. The molecule has 1 saturated heterocycles. The summed E-state index contributed by atoms with van der Waals surface area (Å²) < 4.78 is 16.2. The Labute approximate surface area is 178 Å². The zero-order chi connectivity index (χ0) is 20.9. The molecular weight excluding hydrogens is 401 g/mol. The van der Waals surface area contributed by atoms with Crippen LogP contribution >= 0.6 is 11.8 Å². The molecule has 0 radical (unpaired) electrons. The molecule has 1 aromatic heterocycles. The lowest BCUT2D eigenvalue weighted by Gasteiger charge is -2.29. The highest BCUT2D eigenvalue weighted by Crippen LogP contribution is 2.29. The number of para-hydroxylation sites is 1. The lowest BCUT2D eigenvalue weighted by Crippen LogP contribution is -2.39. The van der Waals surface area contributed by atoms with Crippen LogP contribution in [0.15, 0.2) is 59.8 Å². The number of hydrogen-bond donors (Lipinski definition) is 0. The SMILES string of the molecule is N#CC1CCN(C(=O)CSc2nnc(-c3ccccc3F)n2-c2ccccc2)CC1. The lowest BCUT2D eigenvalue weighted by atomic mass is 9.99. The number of halogens is 1. The number of aromatic nitrogens is 3. The molecule has 4 rings (SSSR count). The minimum atomic E-state index is -0.380. The second-order valence-electron chi connectivity index (χ2n) is 7.03. The van der Waals surface area contributed by atoms with Crippen molar-refractivity contribution in [2.75, 3.05) is 18.8 Å². The van der Waals surface area contributed by atoms with Gasteiger partial charge in [0.2, 0.25) is 5.91 Å². The first-order chi connectivity index (χ1) is 14.7. The Balaban J connectivity index is 1.57. The summed E-state index contributed by atoms with van der Waals surface area (Å²) in [6, 6.07) is 18.2. The van der Waals surface area contributed by atoms with Gasteiger partial charge in [-0.05, 0) is 37.1 Å². The molecule has 1 amide bonds. The van der Waals surface area contributed by atoms with E-state index in [9.17, 15) is 9.18 Å². The number of carbonyl (C=O) groups is 1. The summed E-state index contributed by atoms with van der Waals surface area (Å²) in [7, 11) is 0. The van der Waals surface area contributed by atoms with Crippen LogP contribution in [-0.2, 0) is 4.79 Å². The summed E-state index contributed by atoms with van der Waals surface area (Å²) in [5, 5.41) is 18.0. The fraction of sp³-hybridized carbons (Fsp3) is 0.273. The maximum atomic E-state index is 14.4. The Hall–Kier alpha value is -3.18. The Morgan fingerprint density at radius 2 is 1.80 bits per heavy atom. The van der Waals surface area contributed by atoms with Crippen LogP contribution in [0.5, 0.6) is 0 Å². The van der Waals surface area contributed by atoms with Crippen LogP contribution < -0.4 is 0 Å². The quantitative estimate of drug-likeness (QED) is 0.584. The van der Waals surface area contributed by atoms with Gasteiger partial charge in [-0.15, -0.1) is 10.2 Å². The molecule has 0 aliphatic carbocycles. The molecule has 1 aliphatic rings. The zero-order valence-electron chi connectivity index (χ0n) is 16.2. The molecule has 3 aromatic rings. The number of carbonyl (C=O) groups excluding carboxylic acids is 1. The molecule has 152 valence electrons. The van der Waals surface area contributed by atoms with E-state index in [1.165, 1.54) is 17.8 Å². The maximum absolute atomic E-state index is 14.4. The molecule has 6 nitrogen and oxygen atoms in total. The minimum absolute atomic E-state index is 0.00597. The van der Waals surface area contributed by atoms with Gasteiger partial charge in [-0.2, -0.15) is 5.26 Å². The van der Waals surface area contributed by atoms with Crippen molar-refractivity contribution in [2.24, 2.45) is 5.92 Å². The lowest BCUT2D eigenvalue weighted by molar-refractivity contribution is -0.129. The predicted molar refractivity (Wildman–Crippen MR) is 112 cm³/mol. The summed E-state index contributed by atoms with van der Waals surface area (Å²) in [4.78, 5) is 14.4. The smallest absolute Gasteiger partial charge is 0.233 e. The molecule has 8 heteroatoms. The van der Waals surface area contributed by atoms with Crippen molar-refractivity contribution < 1.29 is 9.18 Å². The van der Waals surface area contributed by atoms with E-state index < -0.39 is 0 Å². The van der Waals surface area contributed by atoms with Gasteiger partial charge in [0, 0.05) is 24.7 Å². The largest absolute Gasteiger partial charge is 0.342 e. The number of hydrogen-bond acceptors (Lipinski definition) is 5. The molecule has 0 atom stereocenters. The number of benzene rings is 2. The first kappa shape index (κ1) is 20.1. The average Bonchev–Trinajstić information content (AvgIpc) is 3.22. The normalized spacial score (nSPS) is 14.5. The Kier molecular flexibility index (Phi) is 6.10. The molecule has 2 heterocycles. The third-order valence-electron chi connectivity index (χ3n) is 5.12. The summed E-state index contributed by atoms with van der Waals surface area (Å²) in [5.41, 5.74) is 1.15. The van der Waals surface area contributed by atoms with E-state index in [0.717, 1.165) is 5.69 Å². The Bertz CT molecular complexity index is 1070. The number of piperidine rings is 1.